The average molecular weight is 283 g/mol. The van der Waals surface area contributed by atoms with E-state index in [-0.39, 0.29) is 0 Å². The fourth-order valence-electron chi connectivity index (χ4n) is 2.23. The molecule has 1 N–H and O–H groups in total. The van der Waals surface area contributed by atoms with E-state index in [9.17, 15) is 0 Å². The maximum absolute atomic E-state index is 5.77. The second kappa shape index (κ2) is 7.16. The first-order valence-electron chi connectivity index (χ1n) is 7.60. The number of hydrogen-bond donors (Lipinski definition) is 1. The van der Waals surface area contributed by atoms with Gasteiger partial charge in [0.05, 0.1) is 0 Å². The molecule has 0 amide bonds. The van der Waals surface area contributed by atoms with Crippen molar-refractivity contribution in [1.82, 2.24) is 0 Å². The summed E-state index contributed by atoms with van der Waals surface area (Å²) < 4.78 is 5.77. The second-order valence-corrected chi connectivity index (χ2v) is 5.82. The van der Waals surface area contributed by atoms with Gasteiger partial charge in [-0.25, -0.2) is 0 Å². The van der Waals surface area contributed by atoms with Crippen LogP contribution in [0.15, 0.2) is 42.5 Å². The van der Waals surface area contributed by atoms with Crippen molar-refractivity contribution in [2.45, 2.75) is 33.6 Å². The molecule has 0 radical (unpaired) electrons. The minimum Gasteiger partial charge on any atom is -0.492 e. The van der Waals surface area contributed by atoms with Crippen molar-refractivity contribution >= 4 is 5.69 Å². The van der Waals surface area contributed by atoms with Gasteiger partial charge in [0.15, 0.2) is 0 Å². The van der Waals surface area contributed by atoms with Gasteiger partial charge in [-0.1, -0.05) is 38.1 Å². The van der Waals surface area contributed by atoms with E-state index in [0.717, 1.165) is 12.3 Å². The lowest BCUT2D eigenvalue weighted by atomic mass is 10.0. The van der Waals surface area contributed by atoms with Crippen LogP contribution in [0.25, 0.3) is 0 Å². The molecule has 2 heteroatoms. The van der Waals surface area contributed by atoms with Gasteiger partial charge in [0.25, 0.3) is 0 Å². The number of ether oxygens (including phenoxy) is 1. The van der Waals surface area contributed by atoms with E-state index < -0.39 is 0 Å². The Morgan fingerprint density at radius 1 is 1.00 bits per heavy atom. The first-order valence-corrected chi connectivity index (χ1v) is 7.60. The van der Waals surface area contributed by atoms with Crippen LogP contribution in [0.1, 0.15) is 36.5 Å². The Bertz CT molecular complexity index is 573. The van der Waals surface area contributed by atoms with Crippen LogP contribution in [0.4, 0.5) is 5.69 Å². The maximum Gasteiger partial charge on any atom is 0.119 e. The van der Waals surface area contributed by atoms with Gasteiger partial charge in [-0.15, -0.1) is 0 Å². The third-order valence-electron chi connectivity index (χ3n) is 3.63. The average Bonchev–Trinajstić information content (AvgIpc) is 2.47. The van der Waals surface area contributed by atoms with Gasteiger partial charge in [0, 0.05) is 12.2 Å². The van der Waals surface area contributed by atoms with E-state index in [1.54, 1.807) is 0 Å². The molecule has 0 aliphatic carbocycles. The molecular formula is C19H25NO. The molecule has 0 aliphatic rings. The summed E-state index contributed by atoms with van der Waals surface area (Å²) in [4.78, 5) is 0. The second-order valence-electron chi connectivity index (χ2n) is 5.82. The fourth-order valence-corrected chi connectivity index (χ4v) is 2.23. The lowest BCUT2D eigenvalue weighted by molar-refractivity contribution is 0.332. The Morgan fingerprint density at radius 2 is 1.71 bits per heavy atom. The minimum atomic E-state index is 0.560. The van der Waals surface area contributed by atoms with E-state index in [2.05, 4.69) is 63.3 Å². The maximum atomic E-state index is 5.77. The van der Waals surface area contributed by atoms with Crippen LogP contribution in [0.2, 0.25) is 0 Å². The van der Waals surface area contributed by atoms with Gasteiger partial charge in [0.2, 0.25) is 0 Å². The Hall–Kier alpha value is -1.96. The van der Waals surface area contributed by atoms with Crippen molar-refractivity contribution < 1.29 is 4.74 Å². The van der Waals surface area contributed by atoms with Gasteiger partial charge in [-0.2, -0.15) is 0 Å². The molecule has 2 nitrogen and oxygen atoms in total. The van der Waals surface area contributed by atoms with Gasteiger partial charge < -0.3 is 10.1 Å². The number of anilines is 1. The normalized spacial score (nSPS) is 10.7. The van der Waals surface area contributed by atoms with Crippen LogP contribution in [-0.4, -0.2) is 13.2 Å². The van der Waals surface area contributed by atoms with Crippen LogP contribution in [0.5, 0.6) is 5.75 Å². The van der Waals surface area contributed by atoms with Crippen molar-refractivity contribution in [3.05, 3.63) is 59.2 Å². The molecule has 0 saturated carbocycles. The monoisotopic (exact) mass is 283 g/mol. The summed E-state index contributed by atoms with van der Waals surface area (Å²) in [7, 11) is 0. The number of nitrogens with one attached hydrogen (secondary N) is 1. The summed E-state index contributed by atoms with van der Waals surface area (Å²) in [6, 6.07) is 14.8. The number of rotatable bonds is 6. The molecule has 0 aromatic heterocycles. The van der Waals surface area contributed by atoms with Crippen LogP contribution in [-0.2, 0) is 0 Å². The molecule has 0 fully saturated rings. The number of aryl methyl sites for hydroxylation is 2. The third kappa shape index (κ3) is 4.52. The molecule has 0 heterocycles. The summed E-state index contributed by atoms with van der Waals surface area (Å²) in [5, 5.41) is 3.43. The quantitative estimate of drug-likeness (QED) is 0.760. The zero-order valence-corrected chi connectivity index (χ0v) is 13.4. The van der Waals surface area contributed by atoms with Crippen LogP contribution in [0, 0.1) is 13.8 Å². The number of benzene rings is 2. The molecule has 21 heavy (non-hydrogen) atoms. The van der Waals surface area contributed by atoms with Gasteiger partial charge >= 0.3 is 0 Å². The topological polar surface area (TPSA) is 21.3 Å². The third-order valence-corrected chi connectivity index (χ3v) is 3.63. The van der Waals surface area contributed by atoms with Crippen molar-refractivity contribution in [3.8, 4) is 5.75 Å². The molecular weight excluding hydrogens is 258 g/mol. The standard InChI is InChI=1S/C19H25NO/c1-14(2)17-7-9-18(10-8-17)21-12-11-20-19-13-15(3)5-6-16(19)4/h5-10,13-14,20H,11-12H2,1-4H3. The van der Waals surface area contributed by atoms with Crippen molar-refractivity contribution in [3.63, 3.8) is 0 Å². The van der Waals surface area contributed by atoms with Crippen LogP contribution >= 0.6 is 0 Å². The van der Waals surface area contributed by atoms with E-state index >= 15 is 0 Å². The fraction of sp³-hybridized carbons (Fsp3) is 0.368. The molecule has 0 aliphatic heterocycles. The zero-order valence-electron chi connectivity index (χ0n) is 13.4. The van der Waals surface area contributed by atoms with Crippen molar-refractivity contribution in [2.75, 3.05) is 18.5 Å². The summed E-state index contributed by atoms with van der Waals surface area (Å²) in [6.45, 7) is 10.1. The summed E-state index contributed by atoms with van der Waals surface area (Å²) in [5.41, 5.74) is 5.07. The summed E-state index contributed by atoms with van der Waals surface area (Å²) in [6.07, 6.45) is 0. The first kappa shape index (κ1) is 15.4. The van der Waals surface area contributed by atoms with Crippen LogP contribution in [0.3, 0.4) is 0 Å². The first-order chi connectivity index (χ1) is 10.1. The lowest BCUT2D eigenvalue weighted by Crippen LogP contribution is -2.12. The highest BCUT2D eigenvalue weighted by atomic mass is 16.5. The van der Waals surface area contributed by atoms with Gasteiger partial charge in [-0.3, -0.25) is 0 Å². The molecule has 0 unspecified atom stereocenters. The highest BCUT2D eigenvalue weighted by Crippen LogP contribution is 2.19. The van der Waals surface area contributed by atoms with Crippen molar-refractivity contribution in [2.24, 2.45) is 0 Å². The summed E-state index contributed by atoms with van der Waals surface area (Å²) >= 11 is 0. The SMILES string of the molecule is Cc1ccc(C)c(NCCOc2ccc(C(C)C)cc2)c1. The molecule has 2 aromatic rings. The molecule has 112 valence electrons. The largest absolute Gasteiger partial charge is 0.492 e. The molecule has 2 aromatic carbocycles. The molecule has 0 atom stereocenters. The lowest BCUT2D eigenvalue weighted by Gasteiger charge is -2.12. The zero-order chi connectivity index (χ0) is 15.2. The Labute approximate surface area is 128 Å². The van der Waals surface area contributed by atoms with Crippen molar-refractivity contribution in [1.29, 1.82) is 0 Å². The highest BCUT2D eigenvalue weighted by Gasteiger charge is 2.00. The summed E-state index contributed by atoms with van der Waals surface area (Å²) in [5.74, 6) is 1.49. The van der Waals surface area contributed by atoms with Crippen LogP contribution < -0.4 is 10.1 Å². The van der Waals surface area contributed by atoms with E-state index in [4.69, 9.17) is 4.74 Å². The molecule has 2 rings (SSSR count). The van der Waals surface area contributed by atoms with E-state index in [0.29, 0.717) is 12.5 Å². The molecule has 0 spiro atoms. The smallest absolute Gasteiger partial charge is 0.119 e. The highest BCUT2D eigenvalue weighted by molar-refractivity contribution is 5.52. The Kier molecular flexibility index (Phi) is 5.26. The van der Waals surface area contributed by atoms with Gasteiger partial charge in [0.1, 0.15) is 12.4 Å². The van der Waals surface area contributed by atoms with E-state index in [1.165, 1.54) is 22.4 Å². The Balaban J connectivity index is 1.80. The Morgan fingerprint density at radius 3 is 2.38 bits per heavy atom. The molecule has 0 saturated heterocycles. The predicted octanol–water partition coefficient (Wildman–Crippen LogP) is 4.92. The van der Waals surface area contributed by atoms with E-state index in [1.807, 2.05) is 12.1 Å². The number of hydrogen-bond acceptors (Lipinski definition) is 2. The predicted molar refractivity (Wildman–Crippen MR) is 90.4 cm³/mol. The minimum absolute atomic E-state index is 0.560. The molecule has 0 bridgehead atoms. The van der Waals surface area contributed by atoms with Gasteiger partial charge in [-0.05, 0) is 54.7 Å².